The van der Waals surface area contributed by atoms with E-state index < -0.39 is 0 Å². The van der Waals surface area contributed by atoms with Gasteiger partial charge in [-0.2, -0.15) is 4.98 Å². The van der Waals surface area contributed by atoms with Gasteiger partial charge in [0.05, 0.1) is 0 Å². The van der Waals surface area contributed by atoms with Crippen LogP contribution < -0.4 is 20.3 Å². The number of nitrogens with zero attached hydrogens (tertiary/aromatic N) is 5. The molecule has 3 heterocycles. The first-order valence-electron chi connectivity index (χ1n) is 8.55. The molecule has 1 fully saturated rings. The van der Waals surface area contributed by atoms with Crippen LogP contribution in [0.3, 0.4) is 0 Å². The van der Waals surface area contributed by atoms with Gasteiger partial charge in [-0.1, -0.05) is 24.3 Å². The van der Waals surface area contributed by atoms with E-state index in [2.05, 4.69) is 24.8 Å². The molecule has 0 unspecified atom stereocenters. The van der Waals surface area contributed by atoms with Gasteiger partial charge in [0.1, 0.15) is 23.6 Å². The Bertz CT molecular complexity index is 850. The summed E-state index contributed by atoms with van der Waals surface area (Å²) < 4.78 is 5.81. The highest BCUT2D eigenvalue weighted by Gasteiger charge is 2.22. The molecule has 0 amide bonds. The van der Waals surface area contributed by atoms with E-state index in [1.54, 1.807) is 0 Å². The molecule has 0 saturated carbocycles. The number of benzene rings is 1. The van der Waals surface area contributed by atoms with E-state index >= 15 is 0 Å². The smallest absolute Gasteiger partial charge is 0.248 e. The lowest BCUT2D eigenvalue weighted by Gasteiger charge is -2.36. The minimum Gasteiger partial charge on any atom is -0.437 e. The van der Waals surface area contributed by atoms with E-state index in [4.69, 9.17) is 10.5 Å². The van der Waals surface area contributed by atoms with E-state index in [0.29, 0.717) is 23.1 Å². The number of rotatable bonds is 4. The summed E-state index contributed by atoms with van der Waals surface area (Å²) in [7, 11) is 0. The van der Waals surface area contributed by atoms with Crippen LogP contribution in [-0.2, 0) is 0 Å². The fourth-order valence-electron chi connectivity index (χ4n) is 2.99. The van der Waals surface area contributed by atoms with Crippen molar-refractivity contribution in [2.45, 2.75) is 0 Å². The van der Waals surface area contributed by atoms with Crippen LogP contribution in [0.25, 0.3) is 0 Å². The Morgan fingerprint density at radius 1 is 0.808 bits per heavy atom. The van der Waals surface area contributed by atoms with E-state index in [9.17, 15) is 0 Å². The van der Waals surface area contributed by atoms with Crippen molar-refractivity contribution in [1.29, 1.82) is 0 Å². The predicted molar refractivity (Wildman–Crippen MR) is 102 cm³/mol. The van der Waals surface area contributed by atoms with Crippen LogP contribution >= 0.6 is 0 Å². The molecule has 0 atom stereocenters. The minimum absolute atomic E-state index is 0.383. The maximum absolute atomic E-state index is 6.29. The van der Waals surface area contributed by atoms with Crippen molar-refractivity contribution in [3.8, 4) is 11.6 Å². The fourth-order valence-corrected chi connectivity index (χ4v) is 2.99. The summed E-state index contributed by atoms with van der Waals surface area (Å²) in [4.78, 5) is 17.4. The molecule has 132 valence electrons. The molecule has 7 heteroatoms. The summed E-state index contributed by atoms with van der Waals surface area (Å²) in [5.74, 6) is 2.79. The van der Waals surface area contributed by atoms with Crippen LogP contribution in [0.4, 0.5) is 17.3 Å². The van der Waals surface area contributed by atoms with Crippen molar-refractivity contribution in [3.63, 3.8) is 0 Å². The summed E-state index contributed by atoms with van der Waals surface area (Å²) >= 11 is 0. The predicted octanol–water partition coefficient (Wildman–Crippen LogP) is 2.57. The Morgan fingerprint density at radius 2 is 1.54 bits per heavy atom. The summed E-state index contributed by atoms with van der Waals surface area (Å²) in [6.45, 7) is 3.33. The first kappa shape index (κ1) is 16.1. The van der Waals surface area contributed by atoms with Gasteiger partial charge in [0.2, 0.25) is 5.88 Å². The molecule has 2 aromatic heterocycles. The first-order chi connectivity index (χ1) is 12.8. The molecule has 3 aromatic rings. The second-order valence-corrected chi connectivity index (χ2v) is 5.99. The van der Waals surface area contributed by atoms with Gasteiger partial charge in [0.15, 0.2) is 5.82 Å². The van der Waals surface area contributed by atoms with Gasteiger partial charge < -0.3 is 20.3 Å². The second kappa shape index (κ2) is 7.26. The number of pyridine rings is 1. The Hall–Kier alpha value is -3.35. The van der Waals surface area contributed by atoms with Crippen LogP contribution in [0.15, 0.2) is 61.1 Å². The molecular weight excluding hydrogens is 328 g/mol. The normalized spacial score (nSPS) is 14.3. The van der Waals surface area contributed by atoms with Gasteiger partial charge in [-0.3, -0.25) is 0 Å². The quantitative estimate of drug-likeness (QED) is 0.776. The molecule has 2 N–H and O–H groups in total. The van der Waals surface area contributed by atoms with Crippen LogP contribution in [-0.4, -0.2) is 41.1 Å². The van der Waals surface area contributed by atoms with Crippen molar-refractivity contribution in [3.05, 3.63) is 61.1 Å². The second-order valence-electron chi connectivity index (χ2n) is 5.99. The van der Waals surface area contributed by atoms with Crippen molar-refractivity contribution >= 4 is 17.3 Å². The van der Waals surface area contributed by atoms with Crippen molar-refractivity contribution in [2.24, 2.45) is 0 Å². The van der Waals surface area contributed by atoms with E-state index in [1.807, 2.05) is 54.7 Å². The van der Waals surface area contributed by atoms with Crippen LogP contribution in [0.2, 0.25) is 0 Å². The van der Waals surface area contributed by atoms with Crippen molar-refractivity contribution in [1.82, 2.24) is 15.0 Å². The lowest BCUT2D eigenvalue weighted by atomic mass is 10.3. The molecule has 1 saturated heterocycles. The first-order valence-corrected chi connectivity index (χ1v) is 8.55. The third kappa shape index (κ3) is 3.37. The molecule has 26 heavy (non-hydrogen) atoms. The maximum atomic E-state index is 6.29. The monoisotopic (exact) mass is 348 g/mol. The molecule has 7 nitrogen and oxygen atoms in total. The topological polar surface area (TPSA) is 80.4 Å². The number of ether oxygens (including phenoxy) is 1. The average Bonchev–Trinajstić information content (AvgIpc) is 2.71. The molecule has 1 aliphatic rings. The molecule has 1 aliphatic heterocycles. The summed E-state index contributed by atoms with van der Waals surface area (Å²) in [5.41, 5.74) is 6.75. The zero-order valence-corrected chi connectivity index (χ0v) is 14.3. The van der Waals surface area contributed by atoms with Gasteiger partial charge in [-0.25, -0.2) is 9.97 Å². The molecule has 4 rings (SSSR count). The molecule has 0 aliphatic carbocycles. The summed E-state index contributed by atoms with van der Waals surface area (Å²) in [6, 6.07) is 15.4. The fraction of sp³-hybridized carbons (Fsp3) is 0.211. The van der Waals surface area contributed by atoms with Gasteiger partial charge >= 0.3 is 0 Å². The number of hydrogen-bond acceptors (Lipinski definition) is 7. The summed E-state index contributed by atoms with van der Waals surface area (Å²) in [5, 5.41) is 0. The lowest BCUT2D eigenvalue weighted by molar-refractivity contribution is 0.464. The Morgan fingerprint density at radius 3 is 2.27 bits per heavy atom. The number of nitrogen functional groups attached to an aromatic ring is 1. The molecule has 1 aromatic carbocycles. The number of anilines is 3. The molecule has 0 bridgehead atoms. The third-order valence-corrected chi connectivity index (χ3v) is 4.34. The number of para-hydroxylation sites is 1. The SMILES string of the molecule is Nc1c(Oc2ccccc2)ncnc1N1CCN(c2ccccn2)CC1. The summed E-state index contributed by atoms with van der Waals surface area (Å²) in [6.07, 6.45) is 3.31. The highest BCUT2D eigenvalue weighted by atomic mass is 16.5. The largest absolute Gasteiger partial charge is 0.437 e. The van der Waals surface area contributed by atoms with Crippen molar-refractivity contribution in [2.75, 3.05) is 41.7 Å². The van der Waals surface area contributed by atoms with E-state index in [-0.39, 0.29) is 0 Å². The molecule has 0 spiro atoms. The zero-order chi connectivity index (χ0) is 17.8. The van der Waals surface area contributed by atoms with Crippen molar-refractivity contribution < 1.29 is 4.74 Å². The van der Waals surface area contributed by atoms with Crippen LogP contribution in [0.5, 0.6) is 11.6 Å². The minimum atomic E-state index is 0.383. The van der Waals surface area contributed by atoms with Crippen LogP contribution in [0.1, 0.15) is 0 Å². The van der Waals surface area contributed by atoms with Gasteiger partial charge in [-0.05, 0) is 24.3 Å². The number of nitrogens with two attached hydrogens (primary N) is 1. The number of hydrogen-bond donors (Lipinski definition) is 1. The Kier molecular flexibility index (Phi) is 4.51. The third-order valence-electron chi connectivity index (χ3n) is 4.34. The molecular formula is C19H20N6O. The highest BCUT2D eigenvalue weighted by molar-refractivity contribution is 5.68. The Balaban J connectivity index is 1.48. The zero-order valence-electron chi connectivity index (χ0n) is 14.3. The average molecular weight is 348 g/mol. The van der Waals surface area contributed by atoms with Gasteiger partial charge in [0, 0.05) is 32.4 Å². The maximum Gasteiger partial charge on any atom is 0.248 e. The Labute approximate surface area is 152 Å². The lowest BCUT2D eigenvalue weighted by Crippen LogP contribution is -2.47. The standard InChI is InChI=1S/C19H20N6O/c20-17-18(22-14-23-19(17)26-15-6-2-1-3-7-15)25-12-10-24(11-13-25)16-8-4-5-9-21-16/h1-9,14H,10-13,20H2. The van der Waals surface area contributed by atoms with E-state index in [1.165, 1.54) is 6.33 Å². The highest BCUT2D eigenvalue weighted by Crippen LogP contribution is 2.31. The van der Waals surface area contributed by atoms with Gasteiger partial charge in [-0.15, -0.1) is 0 Å². The van der Waals surface area contributed by atoms with E-state index in [0.717, 1.165) is 32.0 Å². The number of piperazine rings is 1. The van der Waals surface area contributed by atoms with Gasteiger partial charge in [0.25, 0.3) is 0 Å². The number of aromatic nitrogens is 3. The van der Waals surface area contributed by atoms with Crippen LogP contribution in [0, 0.1) is 0 Å². The molecule has 0 radical (unpaired) electrons.